The third kappa shape index (κ3) is 4.16. The number of morpholine rings is 1. The second-order valence-electron chi connectivity index (χ2n) is 6.87. The van der Waals surface area contributed by atoms with Gasteiger partial charge in [0.05, 0.1) is 30.0 Å². The standard InChI is InChI=1S/C22H21ClFN3O2/c23-18-7-1-5-16(19(18)24)20-17(6-3-9-26-20)22(28)21(15-4-2-8-25-14-15)27-10-12-29-13-11-27/h1-9,14,21-22,28H,10-13H2/t21-,22+/m0/s1. The zero-order valence-corrected chi connectivity index (χ0v) is 16.5. The minimum Gasteiger partial charge on any atom is -0.386 e. The van der Waals surface area contributed by atoms with Gasteiger partial charge in [0.2, 0.25) is 0 Å². The van der Waals surface area contributed by atoms with Crippen molar-refractivity contribution in [3.63, 3.8) is 0 Å². The van der Waals surface area contributed by atoms with Crippen molar-refractivity contribution in [3.8, 4) is 11.3 Å². The minimum absolute atomic E-state index is 0.0191. The number of hydrogen-bond donors (Lipinski definition) is 1. The maximum atomic E-state index is 14.7. The molecule has 0 saturated carbocycles. The Morgan fingerprint density at radius 2 is 1.86 bits per heavy atom. The number of aromatic nitrogens is 2. The summed E-state index contributed by atoms with van der Waals surface area (Å²) in [4.78, 5) is 10.8. The van der Waals surface area contributed by atoms with E-state index < -0.39 is 11.9 Å². The van der Waals surface area contributed by atoms with Crippen LogP contribution in [0, 0.1) is 5.82 Å². The van der Waals surface area contributed by atoms with Gasteiger partial charge in [0.15, 0.2) is 5.82 Å². The van der Waals surface area contributed by atoms with E-state index in [0.29, 0.717) is 37.6 Å². The molecule has 2 atom stereocenters. The molecule has 0 amide bonds. The van der Waals surface area contributed by atoms with Crippen LogP contribution in [0.4, 0.5) is 4.39 Å². The van der Waals surface area contributed by atoms with E-state index in [0.717, 1.165) is 5.56 Å². The number of pyridine rings is 2. The first kappa shape index (κ1) is 19.9. The number of aliphatic hydroxyl groups is 1. The number of aliphatic hydroxyl groups excluding tert-OH is 1. The van der Waals surface area contributed by atoms with Crippen LogP contribution in [-0.4, -0.2) is 46.3 Å². The summed E-state index contributed by atoms with van der Waals surface area (Å²) >= 11 is 5.98. The molecule has 29 heavy (non-hydrogen) atoms. The van der Waals surface area contributed by atoms with Crippen LogP contribution in [0.3, 0.4) is 0 Å². The molecule has 7 heteroatoms. The van der Waals surface area contributed by atoms with E-state index in [2.05, 4.69) is 14.9 Å². The summed E-state index contributed by atoms with van der Waals surface area (Å²) in [5.41, 5.74) is 2.05. The first-order chi connectivity index (χ1) is 14.2. The first-order valence-corrected chi connectivity index (χ1v) is 9.83. The van der Waals surface area contributed by atoms with Gasteiger partial charge >= 0.3 is 0 Å². The maximum Gasteiger partial charge on any atom is 0.151 e. The van der Waals surface area contributed by atoms with Gasteiger partial charge < -0.3 is 9.84 Å². The van der Waals surface area contributed by atoms with Crippen LogP contribution in [-0.2, 0) is 4.74 Å². The van der Waals surface area contributed by atoms with Crippen molar-refractivity contribution >= 4 is 11.6 Å². The Balaban J connectivity index is 1.79. The molecule has 0 aliphatic carbocycles. The smallest absolute Gasteiger partial charge is 0.151 e. The molecule has 4 rings (SSSR count). The van der Waals surface area contributed by atoms with Crippen LogP contribution in [0.1, 0.15) is 23.3 Å². The van der Waals surface area contributed by atoms with Crippen LogP contribution in [0.2, 0.25) is 5.02 Å². The Bertz CT molecular complexity index is 967. The fourth-order valence-electron chi connectivity index (χ4n) is 3.74. The number of ether oxygens (including phenoxy) is 1. The summed E-state index contributed by atoms with van der Waals surface area (Å²) in [5, 5.41) is 11.5. The van der Waals surface area contributed by atoms with Crippen LogP contribution >= 0.6 is 11.6 Å². The summed E-state index contributed by atoms with van der Waals surface area (Å²) in [7, 11) is 0. The highest BCUT2D eigenvalue weighted by Crippen LogP contribution is 2.39. The molecule has 1 saturated heterocycles. The van der Waals surface area contributed by atoms with E-state index in [9.17, 15) is 9.50 Å². The molecule has 0 bridgehead atoms. The van der Waals surface area contributed by atoms with E-state index in [1.807, 2.05) is 12.1 Å². The molecule has 0 unspecified atom stereocenters. The third-order valence-electron chi connectivity index (χ3n) is 5.13. The number of nitrogens with zero attached hydrogens (tertiary/aromatic N) is 3. The first-order valence-electron chi connectivity index (χ1n) is 9.46. The molecular formula is C22H21ClFN3O2. The van der Waals surface area contributed by atoms with Crippen LogP contribution in [0.25, 0.3) is 11.3 Å². The van der Waals surface area contributed by atoms with Crippen molar-refractivity contribution in [1.82, 2.24) is 14.9 Å². The van der Waals surface area contributed by atoms with Gasteiger partial charge in [0.1, 0.15) is 6.10 Å². The van der Waals surface area contributed by atoms with Crippen LogP contribution < -0.4 is 0 Å². The highest BCUT2D eigenvalue weighted by atomic mass is 35.5. The predicted octanol–water partition coefficient (Wildman–Crippen LogP) is 4.04. The predicted molar refractivity (Wildman–Crippen MR) is 109 cm³/mol. The maximum absolute atomic E-state index is 14.7. The molecule has 3 heterocycles. The largest absolute Gasteiger partial charge is 0.386 e. The zero-order valence-electron chi connectivity index (χ0n) is 15.7. The Labute approximate surface area is 173 Å². The average molecular weight is 414 g/mol. The van der Waals surface area contributed by atoms with Gasteiger partial charge in [-0.1, -0.05) is 29.8 Å². The average Bonchev–Trinajstić information content (AvgIpc) is 2.77. The summed E-state index contributed by atoms with van der Waals surface area (Å²) in [6, 6.07) is 11.7. The Morgan fingerprint density at radius 1 is 1.07 bits per heavy atom. The number of rotatable bonds is 5. The Kier molecular flexibility index (Phi) is 6.16. The Hall–Kier alpha value is -2.38. The van der Waals surface area contributed by atoms with E-state index in [1.165, 1.54) is 6.07 Å². The fraction of sp³-hybridized carbons (Fsp3) is 0.273. The van der Waals surface area contributed by atoms with Crippen molar-refractivity contribution in [2.45, 2.75) is 12.1 Å². The molecule has 5 nitrogen and oxygen atoms in total. The fourth-order valence-corrected chi connectivity index (χ4v) is 3.91. The number of halogens is 2. The molecule has 1 aliphatic heterocycles. The van der Waals surface area contributed by atoms with Gasteiger partial charge in [-0.25, -0.2) is 4.39 Å². The van der Waals surface area contributed by atoms with Gasteiger partial charge in [-0.2, -0.15) is 0 Å². The lowest BCUT2D eigenvalue weighted by atomic mass is 9.92. The molecule has 2 aromatic heterocycles. The van der Waals surface area contributed by atoms with Crippen molar-refractivity contribution < 1.29 is 14.2 Å². The van der Waals surface area contributed by atoms with Gasteiger partial charge in [-0.3, -0.25) is 14.9 Å². The molecule has 1 aromatic carbocycles. The molecular weight excluding hydrogens is 393 g/mol. The van der Waals surface area contributed by atoms with E-state index in [-0.39, 0.29) is 16.6 Å². The van der Waals surface area contributed by atoms with Crippen molar-refractivity contribution in [2.24, 2.45) is 0 Å². The summed E-state index contributed by atoms with van der Waals surface area (Å²) in [5.74, 6) is -0.550. The minimum atomic E-state index is -0.945. The summed E-state index contributed by atoms with van der Waals surface area (Å²) in [6.07, 6.45) is 4.08. The highest BCUT2D eigenvalue weighted by molar-refractivity contribution is 6.31. The second-order valence-corrected chi connectivity index (χ2v) is 7.27. The lowest BCUT2D eigenvalue weighted by molar-refractivity contribution is -0.0238. The van der Waals surface area contributed by atoms with Crippen molar-refractivity contribution in [3.05, 3.63) is 83.0 Å². The summed E-state index contributed by atoms with van der Waals surface area (Å²) in [6.45, 7) is 2.54. The van der Waals surface area contributed by atoms with Gasteiger partial charge in [-0.15, -0.1) is 0 Å². The summed E-state index contributed by atoms with van der Waals surface area (Å²) < 4.78 is 20.2. The number of benzene rings is 1. The van der Waals surface area contributed by atoms with Crippen molar-refractivity contribution in [2.75, 3.05) is 26.3 Å². The lowest BCUT2D eigenvalue weighted by Gasteiger charge is -2.37. The van der Waals surface area contributed by atoms with E-state index in [4.69, 9.17) is 16.3 Å². The molecule has 1 N–H and O–H groups in total. The van der Waals surface area contributed by atoms with E-state index in [1.54, 1.807) is 42.9 Å². The topological polar surface area (TPSA) is 58.5 Å². The molecule has 150 valence electrons. The normalized spacial score (nSPS) is 17.1. The second kappa shape index (κ2) is 8.97. The lowest BCUT2D eigenvalue weighted by Crippen LogP contribution is -2.41. The molecule has 1 fully saturated rings. The molecule has 0 spiro atoms. The van der Waals surface area contributed by atoms with E-state index >= 15 is 0 Å². The van der Waals surface area contributed by atoms with Crippen molar-refractivity contribution in [1.29, 1.82) is 0 Å². The van der Waals surface area contributed by atoms with Crippen LogP contribution in [0.15, 0.2) is 61.1 Å². The zero-order chi connectivity index (χ0) is 20.2. The highest BCUT2D eigenvalue weighted by Gasteiger charge is 2.32. The van der Waals surface area contributed by atoms with Gasteiger partial charge in [0.25, 0.3) is 0 Å². The SMILES string of the molecule is O[C@H](c1cccnc1-c1cccc(Cl)c1F)[C@H](c1cccnc1)N1CCOCC1. The van der Waals surface area contributed by atoms with Gasteiger partial charge in [0, 0.05) is 42.8 Å². The van der Waals surface area contributed by atoms with Crippen LogP contribution in [0.5, 0.6) is 0 Å². The molecule has 0 radical (unpaired) electrons. The van der Waals surface area contributed by atoms with Gasteiger partial charge in [-0.05, 0) is 29.8 Å². The monoisotopic (exact) mass is 413 g/mol. The third-order valence-corrected chi connectivity index (χ3v) is 5.42. The quantitative estimate of drug-likeness (QED) is 0.684. The number of hydrogen-bond acceptors (Lipinski definition) is 5. The molecule has 3 aromatic rings. The molecule has 1 aliphatic rings. The Morgan fingerprint density at radius 3 is 2.62 bits per heavy atom.